The van der Waals surface area contributed by atoms with E-state index in [-0.39, 0.29) is 5.39 Å². The van der Waals surface area contributed by atoms with Crippen molar-refractivity contribution in [1.29, 1.82) is 0 Å². The Morgan fingerprint density at radius 1 is 1.07 bits per heavy atom. The fourth-order valence-electron chi connectivity index (χ4n) is 1.46. The van der Waals surface area contributed by atoms with Crippen molar-refractivity contribution in [3.63, 3.8) is 0 Å². The predicted molar refractivity (Wildman–Crippen MR) is 46.0 cm³/mol. The Labute approximate surface area is 78.1 Å². The van der Waals surface area contributed by atoms with Crippen molar-refractivity contribution < 1.29 is 17.6 Å². The highest BCUT2D eigenvalue weighted by Crippen LogP contribution is 2.37. The van der Waals surface area contributed by atoms with Gasteiger partial charge in [0.05, 0.1) is 0 Å². The number of hydrogen-bond acceptors (Lipinski definition) is 1. The third-order valence-electron chi connectivity index (χ3n) is 2.06. The lowest BCUT2D eigenvalue weighted by molar-refractivity contribution is -0.151. The van der Waals surface area contributed by atoms with Gasteiger partial charge in [-0.25, -0.2) is 0 Å². The SMILES string of the molecule is Cc1oc(C(F)(F)F)c2ccccc12. The molecule has 0 saturated heterocycles. The molecule has 2 rings (SSSR count). The fraction of sp³-hybridized carbons (Fsp3) is 0.200. The fourth-order valence-corrected chi connectivity index (χ4v) is 1.46. The average molecular weight is 200 g/mol. The third kappa shape index (κ3) is 1.27. The van der Waals surface area contributed by atoms with Gasteiger partial charge in [-0.1, -0.05) is 24.3 Å². The van der Waals surface area contributed by atoms with E-state index in [1.54, 1.807) is 18.2 Å². The molecule has 1 aromatic heterocycles. The van der Waals surface area contributed by atoms with Gasteiger partial charge in [-0.2, -0.15) is 13.2 Å². The van der Waals surface area contributed by atoms with E-state index in [1.165, 1.54) is 13.0 Å². The van der Waals surface area contributed by atoms with E-state index in [0.717, 1.165) is 0 Å². The normalized spacial score (nSPS) is 12.3. The Bertz CT molecular complexity index is 468. The predicted octanol–water partition coefficient (Wildman–Crippen LogP) is 3.76. The van der Waals surface area contributed by atoms with Crippen LogP contribution >= 0.6 is 0 Å². The summed E-state index contributed by atoms with van der Waals surface area (Å²) in [5, 5.41) is 0.636. The Kier molecular flexibility index (Phi) is 1.80. The molecule has 2 aromatic rings. The monoisotopic (exact) mass is 200 g/mol. The first-order valence-corrected chi connectivity index (χ1v) is 4.05. The van der Waals surface area contributed by atoms with Gasteiger partial charge < -0.3 is 4.42 Å². The standard InChI is InChI=1S/C10H7F3O/c1-6-7-4-2-3-5-8(7)9(14-6)10(11,12)13/h2-5H,1H3. The molecule has 0 unspecified atom stereocenters. The maximum Gasteiger partial charge on any atom is 0.450 e. The van der Waals surface area contributed by atoms with E-state index in [9.17, 15) is 13.2 Å². The van der Waals surface area contributed by atoms with Gasteiger partial charge in [0, 0.05) is 10.8 Å². The van der Waals surface area contributed by atoms with E-state index in [2.05, 4.69) is 0 Å². The molecule has 0 spiro atoms. The molecule has 0 N–H and O–H groups in total. The van der Waals surface area contributed by atoms with Crippen molar-refractivity contribution in [2.75, 3.05) is 0 Å². The molecular weight excluding hydrogens is 193 g/mol. The highest BCUT2D eigenvalue weighted by molar-refractivity contribution is 5.87. The maximum atomic E-state index is 12.4. The van der Waals surface area contributed by atoms with E-state index in [1.807, 2.05) is 0 Å². The second kappa shape index (κ2) is 2.77. The minimum absolute atomic E-state index is 0.123. The van der Waals surface area contributed by atoms with Crippen LogP contribution in [0.5, 0.6) is 0 Å². The molecule has 0 aliphatic heterocycles. The van der Waals surface area contributed by atoms with E-state index in [0.29, 0.717) is 11.1 Å². The summed E-state index contributed by atoms with van der Waals surface area (Å²) in [6.45, 7) is 1.53. The molecule has 0 radical (unpaired) electrons. The lowest BCUT2D eigenvalue weighted by atomic mass is 10.1. The molecule has 14 heavy (non-hydrogen) atoms. The summed E-state index contributed by atoms with van der Waals surface area (Å²) in [7, 11) is 0. The second-order valence-corrected chi connectivity index (χ2v) is 3.03. The summed E-state index contributed by atoms with van der Waals surface area (Å²) >= 11 is 0. The van der Waals surface area contributed by atoms with Crippen molar-refractivity contribution in [2.24, 2.45) is 0 Å². The highest BCUT2D eigenvalue weighted by atomic mass is 19.4. The first kappa shape index (κ1) is 9.12. The average Bonchev–Trinajstić information content (AvgIpc) is 2.44. The molecule has 0 aliphatic carbocycles. The first-order valence-electron chi connectivity index (χ1n) is 4.05. The van der Waals surface area contributed by atoms with Gasteiger partial charge >= 0.3 is 6.18 Å². The van der Waals surface area contributed by atoms with Crippen LogP contribution in [0.1, 0.15) is 11.5 Å². The molecule has 4 heteroatoms. The van der Waals surface area contributed by atoms with Crippen LogP contribution in [0.3, 0.4) is 0 Å². The summed E-state index contributed by atoms with van der Waals surface area (Å²) in [5.41, 5.74) is 0. The smallest absolute Gasteiger partial charge is 0.450 e. The van der Waals surface area contributed by atoms with Crippen molar-refractivity contribution in [2.45, 2.75) is 13.1 Å². The Morgan fingerprint density at radius 3 is 2.21 bits per heavy atom. The van der Waals surface area contributed by atoms with Gasteiger partial charge in [-0.15, -0.1) is 0 Å². The Morgan fingerprint density at radius 2 is 1.64 bits per heavy atom. The minimum Gasteiger partial charge on any atom is -0.455 e. The van der Waals surface area contributed by atoms with E-state index >= 15 is 0 Å². The van der Waals surface area contributed by atoms with Crippen LogP contribution in [-0.2, 0) is 6.18 Å². The highest BCUT2D eigenvalue weighted by Gasteiger charge is 2.37. The zero-order valence-electron chi connectivity index (χ0n) is 7.35. The summed E-state index contributed by atoms with van der Waals surface area (Å²) in [5.74, 6) is -0.612. The van der Waals surface area contributed by atoms with Crippen LogP contribution in [0.15, 0.2) is 28.7 Å². The van der Waals surface area contributed by atoms with Crippen LogP contribution in [0.2, 0.25) is 0 Å². The number of aryl methyl sites for hydroxylation is 1. The minimum atomic E-state index is -4.42. The number of fused-ring (bicyclic) bond motifs is 1. The van der Waals surface area contributed by atoms with E-state index in [4.69, 9.17) is 4.42 Å². The van der Waals surface area contributed by atoms with Crippen molar-refractivity contribution >= 4 is 10.8 Å². The van der Waals surface area contributed by atoms with Crippen LogP contribution in [-0.4, -0.2) is 0 Å². The molecule has 1 heterocycles. The molecule has 1 aromatic carbocycles. The molecule has 74 valence electrons. The van der Waals surface area contributed by atoms with Crippen molar-refractivity contribution in [3.05, 3.63) is 35.8 Å². The zero-order chi connectivity index (χ0) is 10.3. The van der Waals surface area contributed by atoms with Crippen LogP contribution in [0.25, 0.3) is 10.8 Å². The van der Waals surface area contributed by atoms with Gasteiger partial charge in [0.25, 0.3) is 0 Å². The van der Waals surface area contributed by atoms with Crippen LogP contribution < -0.4 is 0 Å². The quantitative estimate of drug-likeness (QED) is 0.631. The molecule has 0 bridgehead atoms. The first-order chi connectivity index (χ1) is 6.50. The molecule has 1 nitrogen and oxygen atoms in total. The molecule has 0 aliphatic rings. The number of hydrogen-bond donors (Lipinski definition) is 0. The number of rotatable bonds is 0. The summed E-state index contributed by atoms with van der Waals surface area (Å²) < 4.78 is 42.0. The Balaban J connectivity index is 2.80. The number of halogens is 3. The largest absolute Gasteiger partial charge is 0.455 e. The Hall–Kier alpha value is -1.45. The van der Waals surface area contributed by atoms with Gasteiger partial charge in [0.2, 0.25) is 5.76 Å². The van der Waals surface area contributed by atoms with Gasteiger partial charge in [0.15, 0.2) is 0 Å². The molecule has 0 fully saturated rings. The van der Waals surface area contributed by atoms with E-state index < -0.39 is 11.9 Å². The molecule has 0 amide bonds. The summed E-state index contributed by atoms with van der Waals surface area (Å²) in [6.07, 6.45) is -4.42. The van der Waals surface area contributed by atoms with Gasteiger partial charge in [0.1, 0.15) is 5.76 Å². The molecular formula is C10H7F3O. The molecule has 0 saturated carbocycles. The van der Waals surface area contributed by atoms with Crippen LogP contribution in [0, 0.1) is 6.92 Å². The van der Waals surface area contributed by atoms with Gasteiger partial charge in [-0.05, 0) is 6.92 Å². The van der Waals surface area contributed by atoms with Gasteiger partial charge in [-0.3, -0.25) is 0 Å². The lowest BCUT2D eigenvalue weighted by Gasteiger charge is -2.01. The third-order valence-corrected chi connectivity index (χ3v) is 2.06. The van der Waals surface area contributed by atoms with Crippen LogP contribution in [0.4, 0.5) is 13.2 Å². The number of alkyl halides is 3. The van der Waals surface area contributed by atoms with Crippen molar-refractivity contribution in [3.8, 4) is 0 Å². The zero-order valence-corrected chi connectivity index (χ0v) is 7.35. The number of furan rings is 1. The summed E-state index contributed by atoms with van der Waals surface area (Å²) in [6, 6.07) is 6.27. The molecule has 0 atom stereocenters. The lowest BCUT2D eigenvalue weighted by Crippen LogP contribution is -2.02. The maximum absolute atomic E-state index is 12.4. The number of benzene rings is 1. The topological polar surface area (TPSA) is 13.1 Å². The second-order valence-electron chi connectivity index (χ2n) is 3.03. The summed E-state index contributed by atoms with van der Waals surface area (Å²) in [4.78, 5) is 0. The van der Waals surface area contributed by atoms with Crippen molar-refractivity contribution in [1.82, 2.24) is 0 Å².